The maximum Gasteiger partial charge on any atom is 0.0406 e. The molecule has 0 amide bonds. The predicted molar refractivity (Wildman–Crippen MR) is 88.1 cm³/mol. The highest BCUT2D eigenvalue weighted by atomic mass is 35.5. The molecule has 1 fully saturated rings. The summed E-state index contributed by atoms with van der Waals surface area (Å²) in [7, 11) is 0. The van der Waals surface area contributed by atoms with Gasteiger partial charge >= 0.3 is 0 Å². The Kier molecular flexibility index (Phi) is 4.81. The second kappa shape index (κ2) is 6.07. The molecule has 2 rings (SSSR count). The molecule has 1 aliphatic carbocycles. The van der Waals surface area contributed by atoms with Crippen LogP contribution < -0.4 is 5.73 Å². The van der Waals surface area contributed by atoms with E-state index in [1.54, 1.807) is 0 Å². The van der Waals surface area contributed by atoms with Gasteiger partial charge in [0.2, 0.25) is 0 Å². The number of hydrogen-bond acceptors (Lipinski definition) is 1. The Balaban J connectivity index is 2.02. The number of rotatable bonds is 2. The van der Waals surface area contributed by atoms with Gasteiger partial charge in [0.15, 0.2) is 0 Å². The molecule has 0 bridgehead atoms. The van der Waals surface area contributed by atoms with Gasteiger partial charge in [-0.1, -0.05) is 50.9 Å². The average Bonchev–Trinajstić information content (AvgIpc) is 2.54. The highest BCUT2D eigenvalue weighted by Gasteiger charge is 2.33. The van der Waals surface area contributed by atoms with Gasteiger partial charge in [-0.15, -0.1) is 0 Å². The van der Waals surface area contributed by atoms with Crippen LogP contribution in [0.5, 0.6) is 0 Å². The maximum absolute atomic E-state index is 6.70. The van der Waals surface area contributed by atoms with Crippen molar-refractivity contribution in [2.75, 3.05) is 0 Å². The number of hydrogen-bond donors (Lipinski definition) is 1. The first-order valence-electron chi connectivity index (χ1n) is 7.82. The molecule has 0 heterocycles. The minimum atomic E-state index is -0.0339. The summed E-state index contributed by atoms with van der Waals surface area (Å²) in [6, 6.07) is 8.16. The molecule has 1 aliphatic rings. The lowest BCUT2D eigenvalue weighted by atomic mass is 9.76. The summed E-state index contributed by atoms with van der Waals surface area (Å²) in [5.74, 6) is 0.804. The van der Waals surface area contributed by atoms with Crippen LogP contribution in [0, 0.1) is 11.3 Å². The number of halogens is 1. The SMILES string of the molecule is CC(C)(C)C1CCCC(N)(Cc2ccc(Cl)cc2)CC1. The van der Waals surface area contributed by atoms with E-state index in [4.69, 9.17) is 17.3 Å². The zero-order valence-electron chi connectivity index (χ0n) is 13.1. The summed E-state index contributed by atoms with van der Waals surface area (Å²) in [4.78, 5) is 0. The molecule has 1 nitrogen and oxygen atoms in total. The van der Waals surface area contributed by atoms with E-state index in [1.165, 1.54) is 24.8 Å². The van der Waals surface area contributed by atoms with Crippen molar-refractivity contribution in [3.63, 3.8) is 0 Å². The smallest absolute Gasteiger partial charge is 0.0406 e. The Hall–Kier alpha value is -0.530. The molecule has 112 valence electrons. The summed E-state index contributed by atoms with van der Waals surface area (Å²) in [5.41, 5.74) is 8.39. The third-order valence-corrected chi connectivity index (χ3v) is 5.16. The lowest BCUT2D eigenvalue weighted by Crippen LogP contribution is -2.41. The van der Waals surface area contributed by atoms with Crippen molar-refractivity contribution in [1.29, 1.82) is 0 Å². The molecule has 1 aromatic carbocycles. The minimum Gasteiger partial charge on any atom is -0.325 e. The molecule has 0 radical (unpaired) electrons. The normalized spacial score (nSPS) is 28.1. The standard InChI is InChI=1S/C18H28ClN/c1-17(2,3)15-5-4-11-18(20,12-10-15)13-14-6-8-16(19)9-7-14/h6-9,15H,4-5,10-13,20H2,1-3H3. The van der Waals surface area contributed by atoms with Crippen molar-refractivity contribution in [2.45, 2.75) is 64.8 Å². The van der Waals surface area contributed by atoms with Crippen molar-refractivity contribution in [3.8, 4) is 0 Å². The third kappa shape index (κ3) is 4.23. The first-order chi connectivity index (χ1) is 9.28. The fourth-order valence-electron chi connectivity index (χ4n) is 3.48. The fraction of sp³-hybridized carbons (Fsp3) is 0.667. The molecule has 2 unspecified atom stereocenters. The van der Waals surface area contributed by atoms with Gasteiger partial charge in [-0.2, -0.15) is 0 Å². The van der Waals surface area contributed by atoms with E-state index in [-0.39, 0.29) is 5.54 Å². The Bertz CT molecular complexity index is 432. The Morgan fingerprint density at radius 3 is 2.40 bits per heavy atom. The van der Waals surface area contributed by atoms with E-state index >= 15 is 0 Å². The van der Waals surface area contributed by atoms with Gasteiger partial charge in [0.25, 0.3) is 0 Å². The molecule has 20 heavy (non-hydrogen) atoms. The zero-order valence-corrected chi connectivity index (χ0v) is 13.8. The van der Waals surface area contributed by atoms with Crippen LogP contribution in [0.1, 0.15) is 58.4 Å². The molecular formula is C18H28ClN. The van der Waals surface area contributed by atoms with E-state index in [9.17, 15) is 0 Å². The van der Waals surface area contributed by atoms with Gasteiger partial charge in [0.1, 0.15) is 0 Å². The van der Waals surface area contributed by atoms with Gasteiger partial charge in [-0.3, -0.25) is 0 Å². The molecule has 1 aromatic rings. The van der Waals surface area contributed by atoms with Gasteiger partial charge in [0, 0.05) is 10.6 Å². The van der Waals surface area contributed by atoms with Gasteiger partial charge < -0.3 is 5.73 Å². The number of nitrogens with two attached hydrogens (primary N) is 1. The van der Waals surface area contributed by atoms with E-state index < -0.39 is 0 Å². The van der Waals surface area contributed by atoms with E-state index in [2.05, 4.69) is 32.9 Å². The first-order valence-corrected chi connectivity index (χ1v) is 8.20. The molecule has 1 saturated carbocycles. The second-order valence-corrected chi connectivity index (χ2v) is 8.10. The summed E-state index contributed by atoms with van der Waals surface area (Å²) in [5, 5.41) is 0.800. The molecule has 0 spiro atoms. The van der Waals surface area contributed by atoms with Crippen LogP contribution in [0.25, 0.3) is 0 Å². The summed E-state index contributed by atoms with van der Waals surface area (Å²) >= 11 is 5.95. The van der Waals surface area contributed by atoms with Gasteiger partial charge in [0.05, 0.1) is 0 Å². The Morgan fingerprint density at radius 2 is 1.80 bits per heavy atom. The van der Waals surface area contributed by atoms with Crippen molar-refractivity contribution in [2.24, 2.45) is 17.1 Å². The fourth-order valence-corrected chi connectivity index (χ4v) is 3.61. The van der Waals surface area contributed by atoms with Crippen LogP contribution in [0.4, 0.5) is 0 Å². The second-order valence-electron chi connectivity index (χ2n) is 7.66. The van der Waals surface area contributed by atoms with Crippen LogP contribution in [0.3, 0.4) is 0 Å². The van der Waals surface area contributed by atoms with Gasteiger partial charge in [-0.25, -0.2) is 0 Å². The van der Waals surface area contributed by atoms with Crippen molar-refractivity contribution < 1.29 is 0 Å². The highest BCUT2D eigenvalue weighted by Crippen LogP contribution is 2.39. The van der Waals surface area contributed by atoms with Crippen LogP contribution in [0.2, 0.25) is 5.02 Å². The molecule has 0 saturated heterocycles. The van der Waals surface area contributed by atoms with Crippen LogP contribution in [0.15, 0.2) is 24.3 Å². The van der Waals surface area contributed by atoms with Crippen LogP contribution in [-0.4, -0.2) is 5.54 Å². The Labute approximate surface area is 128 Å². The average molecular weight is 294 g/mol. The number of benzene rings is 1. The quantitative estimate of drug-likeness (QED) is 0.745. The zero-order chi connectivity index (χ0) is 14.8. The van der Waals surface area contributed by atoms with E-state index in [0.29, 0.717) is 5.41 Å². The first kappa shape index (κ1) is 15.9. The molecule has 0 aromatic heterocycles. The largest absolute Gasteiger partial charge is 0.325 e. The van der Waals surface area contributed by atoms with Crippen LogP contribution >= 0.6 is 11.6 Å². The molecule has 0 aliphatic heterocycles. The molecular weight excluding hydrogens is 266 g/mol. The lowest BCUT2D eigenvalue weighted by Gasteiger charge is -2.31. The van der Waals surface area contributed by atoms with Crippen molar-refractivity contribution in [3.05, 3.63) is 34.9 Å². The third-order valence-electron chi connectivity index (χ3n) is 4.91. The monoisotopic (exact) mass is 293 g/mol. The molecule has 2 N–H and O–H groups in total. The summed E-state index contributed by atoms with van der Waals surface area (Å²) in [6.07, 6.45) is 7.09. The van der Waals surface area contributed by atoms with Crippen molar-refractivity contribution in [1.82, 2.24) is 0 Å². The maximum atomic E-state index is 6.70. The van der Waals surface area contributed by atoms with Crippen LogP contribution in [-0.2, 0) is 6.42 Å². The van der Waals surface area contributed by atoms with Gasteiger partial charge in [-0.05, 0) is 61.1 Å². The minimum absolute atomic E-state index is 0.0339. The van der Waals surface area contributed by atoms with Crippen molar-refractivity contribution >= 4 is 11.6 Å². The lowest BCUT2D eigenvalue weighted by molar-refractivity contribution is 0.210. The predicted octanol–water partition coefficient (Wildman–Crippen LogP) is 5.21. The topological polar surface area (TPSA) is 26.0 Å². The summed E-state index contributed by atoms with van der Waals surface area (Å²) in [6.45, 7) is 7.08. The van der Waals surface area contributed by atoms with E-state index in [1.807, 2.05) is 12.1 Å². The Morgan fingerprint density at radius 1 is 1.15 bits per heavy atom. The molecule has 2 atom stereocenters. The summed E-state index contributed by atoms with van der Waals surface area (Å²) < 4.78 is 0. The highest BCUT2D eigenvalue weighted by molar-refractivity contribution is 6.30. The van der Waals surface area contributed by atoms with E-state index in [0.717, 1.165) is 30.2 Å². The molecule has 2 heteroatoms.